The minimum Gasteiger partial charge on any atom is -0.491 e. The van der Waals surface area contributed by atoms with Gasteiger partial charge in [-0.2, -0.15) is 0 Å². The highest BCUT2D eigenvalue weighted by molar-refractivity contribution is 5.40. The van der Waals surface area contributed by atoms with Crippen LogP contribution < -0.4 is 4.74 Å². The van der Waals surface area contributed by atoms with Crippen LogP contribution in [0.3, 0.4) is 0 Å². The topological polar surface area (TPSA) is 38.7 Å². The van der Waals surface area contributed by atoms with Crippen molar-refractivity contribution in [2.24, 2.45) is 0 Å². The maximum atomic E-state index is 13.4. The zero-order valence-corrected chi connectivity index (χ0v) is 10.7. The molecule has 102 valence electrons. The van der Waals surface area contributed by atoms with E-state index >= 15 is 0 Å². The minimum absolute atomic E-state index is 0.0870. The molecule has 0 aromatic heterocycles. The molecule has 1 unspecified atom stereocenters. The van der Waals surface area contributed by atoms with Crippen LogP contribution >= 0.6 is 0 Å². The molecule has 0 aliphatic carbocycles. The first-order chi connectivity index (χ1) is 9.28. The van der Waals surface area contributed by atoms with Crippen molar-refractivity contribution < 1.29 is 19.0 Å². The first-order valence-electron chi connectivity index (χ1n) is 6.42. The maximum Gasteiger partial charge on any atom is 0.128 e. The smallest absolute Gasteiger partial charge is 0.128 e. The Morgan fingerprint density at radius 2 is 2.26 bits per heavy atom. The molecule has 0 amide bonds. The summed E-state index contributed by atoms with van der Waals surface area (Å²) >= 11 is 0. The lowest BCUT2D eigenvalue weighted by atomic mass is 10.1. The summed E-state index contributed by atoms with van der Waals surface area (Å²) in [5.41, 5.74) is 0.494. The molecular weight excluding hydrogens is 247 g/mol. The molecule has 19 heavy (non-hydrogen) atoms. The Bertz CT molecular complexity index is 470. The summed E-state index contributed by atoms with van der Waals surface area (Å²) in [6, 6.07) is 4.30. The fraction of sp³-hybridized carbons (Fsp3) is 0.467. The third kappa shape index (κ3) is 4.55. The van der Waals surface area contributed by atoms with Gasteiger partial charge in [0.25, 0.3) is 0 Å². The quantitative estimate of drug-likeness (QED) is 0.850. The first kappa shape index (κ1) is 13.9. The Morgan fingerprint density at radius 3 is 3.00 bits per heavy atom. The summed E-state index contributed by atoms with van der Waals surface area (Å²) in [5.74, 6) is 5.19. The van der Waals surface area contributed by atoms with Gasteiger partial charge in [0.15, 0.2) is 0 Å². The number of benzene rings is 1. The number of rotatable bonds is 3. The van der Waals surface area contributed by atoms with E-state index < -0.39 is 5.82 Å². The van der Waals surface area contributed by atoms with Crippen LogP contribution in [0.5, 0.6) is 5.75 Å². The van der Waals surface area contributed by atoms with Gasteiger partial charge in [-0.05, 0) is 31.4 Å². The zero-order valence-electron chi connectivity index (χ0n) is 10.7. The van der Waals surface area contributed by atoms with Crippen molar-refractivity contribution in [2.45, 2.75) is 25.4 Å². The van der Waals surface area contributed by atoms with E-state index in [0.717, 1.165) is 25.9 Å². The third-order valence-electron chi connectivity index (χ3n) is 2.89. The summed E-state index contributed by atoms with van der Waals surface area (Å²) in [7, 11) is 0. The van der Waals surface area contributed by atoms with Gasteiger partial charge in [-0.25, -0.2) is 4.39 Å². The molecule has 0 spiro atoms. The molecule has 0 saturated carbocycles. The van der Waals surface area contributed by atoms with Crippen molar-refractivity contribution in [1.29, 1.82) is 0 Å². The van der Waals surface area contributed by atoms with Gasteiger partial charge < -0.3 is 14.6 Å². The highest BCUT2D eigenvalue weighted by atomic mass is 19.1. The molecule has 1 aliphatic heterocycles. The standard InChI is InChI=1S/C15H17FO3/c16-13-8-12(4-3-6-17)9-15(10-13)19-11-14-5-1-2-7-18-14/h8-10,14,17H,1-2,5-7,11H2. The Labute approximate surface area is 112 Å². The molecule has 1 saturated heterocycles. The highest BCUT2D eigenvalue weighted by Gasteiger charge is 2.14. The van der Waals surface area contributed by atoms with Gasteiger partial charge in [-0.3, -0.25) is 0 Å². The monoisotopic (exact) mass is 264 g/mol. The fourth-order valence-electron chi connectivity index (χ4n) is 1.99. The van der Waals surface area contributed by atoms with Crippen molar-refractivity contribution in [1.82, 2.24) is 0 Å². The second-order valence-corrected chi connectivity index (χ2v) is 4.44. The van der Waals surface area contributed by atoms with Gasteiger partial charge in [-0.15, -0.1) is 0 Å². The van der Waals surface area contributed by atoms with E-state index in [9.17, 15) is 4.39 Å². The lowest BCUT2D eigenvalue weighted by Gasteiger charge is -2.22. The van der Waals surface area contributed by atoms with Crippen molar-refractivity contribution in [3.63, 3.8) is 0 Å². The van der Waals surface area contributed by atoms with Crippen molar-refractivity contribution in [3.8, 4) is 17.6 Å². The van der Waals surface area contributed by atoms with Crippen LogP contribution in [0.4, 0.5) is 4.39 Å². The second-order valence-electron chi connectivity index (χ2n) is 4.44. The lowest BCUT2D eigenvalue weighted by Crippen LogP contribution is -2.25. The van der Waals surface area contributed by atoms with Gasteiger partial charge in [0.1, 0.15) is 24.8 Å². The van der Waals surface area contributed by atoms with E-state index in [4.69, 9.17) is 14.6 Å². The van der Waals surface area contributed by atoms with Gasteiger partial charge >= 0.3 is 0 Å². The van der Waals surface area contributed by atoms with Crippen LogP contribution in [0.25, 0.3) is 0 Å². The van der Waals surface area contributed by atoms with Crippen molar-refractivity contribution in [2.75, 3.05) is 19.8 Å². The molecule has 1 atom stereocenters. The Morgan fingerprint density at radius 1 is 1.37 bits per heavy atom. The molecule has 1 aliphatic rings. The molecule has 0 radical (unpaired) electrons. The normalized spacial score (nSPS) is 18.5. The number of hydrogen-bond acceptors (Lipinski definition) is 3. The number of halogens is 1. The Kier molecular flexibility index (Phi) is 5.20. The van der Waals surface area contributed by atoms with E-state index in [-0.39, 0.29) is 12.7 Å². The maximum absolute atomic E-state index is 13.4. The summed E-state index contributed by atoms with van der Waals surface area (Å²) in [4.78, 5) is 0. The molecule has 1 aromatic carbocycles. The third-order valence-corrected chi connectivity index (χ3v) is 2.89. The van der Waals surface area contributed by atoms with Crippen LogP contribution in [-0.2, 0) is 4.74 Å². The summed E-state index contributed by atoms with van der Waals surface area (Å²) in [6.07, 6.45) is 3.30. The predicted octanol–water partition coefficient (Wildman–Crippen LogP) is 2.12. The molecule has 2 rings (SSSR count). The minimum atomic E-state index is -0.399. The van der Waals surface area contributed by atoms with E-state index in [1.165, 1.54) is 12.1 Å². The average Bonchev–Trinajstić information content (AvgIpc) is 2.43. The predicted molar refractivity (Wildman–Crippen MR) is 69.4 cm³/mol. The highest BCUT2D eigenvalue weighted by Crippen LogP contribution is 2.18. The SMILES string of the molecule is OCC#Cc1cc(F)cc(OCC2CCCCO2)c1. The first-order valence-corrected chi connectivity index (χ1v) is 6.42. The summed E-state index contributed by atoms with van der Waals surface area (Å²) in [6.45, 7) is 0.948. The van der Waals surface area contributed by atoms with Crippen LogP contribution in [0.15, 0.2) is 18.2 Å². The molecule has 4 heteroatoms. The average molecular weight is 264 g/mol. The molecule has 3 nitrogen and oxygen atoms in total. The van der Waals surface area contributed by atoms with Crippen LogP contribution in [0, 0.1) is 17.7 Å². The summed E-state index contributed by atoms with van der Waals surface area (Å²) in [5, 5.41) is 8.62. The Balaban J connectivity index is 1.97. The van der Waals surface area contributed by atoms with Gasteiger partial charge in [0, 0.05) is 18.2 Å². The number of aliphatic hydroxyl groups is 1. The van der Waals surface area contributed by atoms with E-state index in [1.54, 1.807) is 6.07 Å². The number of aliphatic hydroxyl groups excluding tert-OH is 1. The summed E-state index contributed by atoms with van der Waals surface area (Å²) < 4.78 is 24.5. The molecule has 1 N–H and O–H groups in total. The molecule has 1 aromatic rings. The number of ether oxygens (including phenoxy) is 2. The number of hydrogen-bond donors (Lipinski definition) is 1. The molecule has 1 heterocycles. The molecule has 1 fully saturated rings. The fourth-order valence-corrected chi connectivity index (χ4v) is 1.99. The van der Waals surface area contributed by atoms with Crippen LogP contribution in [0.1, 0.15) is 24.8 Å². The van der Waals surface area contributed by atoms with Gasteiger partial charge in [0.05, 0.1) is 6.10 Å². The van der Waals surface area contributed by atoms with Crippen molar-refractivity contribution in [3.05, 3.63) is 29.6 Å². The largest absolute Gasteiger partial charge is 0.491 e. The van der Waals surface area contributed by atoms with Crippen LogP contribution in [0.2, 0.25) is 0 Å². The Hall–Kier alpha value is -1.57. The zero-order chi connectivity index (χ0) is 13.5. The van der Waals surface area contributed by atoms with E-state index in [1.807, 2.05) is 0 Å². The van der Waals surface area contributed by atoms with Gasteiger partial charge in [-0.1, -0.05) is 11.8 Å². The molecular formula is C15H17FO3. The van der Waals surface area contributed by atoms with Gasteiger partial charge in [0.2, 0.25) is 0 Å². The second kappa shape index (κ2) is 7.13. The van der Waals surface area contributed by atoms with E-state index in [0.29, 0.717) is 17.9 Å². The molecule has 0 bridgehead atoms. The van der Waals surface area contributed by atoms with E-state index in [2.05, 4.69) is 11.8 Å². The van der Waals surface area contributed by atoms with Crippen LogP contribution in [-0.4, -0.2) is 31.0 Å². The lowest BCUT2D eigenvalue weighted by molar-refractivity contribution is -0.0111. The van der Waals surface area contributed by atoms with Crippen molar-refractivity contribution >= 4 is 0 Å².